The van der Waals surface area contributed by atoms with Gasteiger partial charge in [-0.05, 0) is 63.2 Å². The smallest absolute Gasteiger partial charge is 0.227 e. The molecule has 4 nitrogen and oxygen atoms in total. The van der Waals surface area contributed by atoms with Crippen molar-refractivity contribution >= 4 is 11.6 Å². The van der Waals surface area contributed by atoms with Crippen molar-refractivity contribution in [3.63, 3.8) is 0 Å². The third-order valence-electron chi connectivity index (χ3n) is 4.74. The molecule has 2 aromatic rings. The van der Waals surface area contributed by atoms with Crippen molar-refractivity contribution in [2.75, 3.05) is 25.0 Å². The quantitative estimate of drug-likeness (QED) is 0.848. The summed E-state index contributed by atoms with van der Waals surface area (Å²) in [5.41, 5.74) is 1.50. The molecular formula is C21H25FN2O2. The molecule has 0 radical (unpaired) electrons. The van der Waals surface area contributed by atoms with Crippen LogP contribution in [-0.4, -0.2) is 30.5 Å². The zero-order valence-electron chi connectivity index (χ0n) is 15.1. The van der Waals surface area contributed by atoms with Crippen LogP contribution in [0.5, 0.6) is 5.75 Å². The fourth-order valence-electron chi connectivity index (χ4n) is 3.27. The Hall–Kier alpha value is -2.40. The number of hydrogen-bond acceptors (Lipinski definition) is 3. The first kappa shape index (κ1) is 18.4. The first-order valence-electron chi connectivity index (χ1n) is 9.15. The number of nitrogens with zero attached hydrogens (tertiary/aromatic N) is 1. The fraction of sp³-hybridized carbons (Fsp3) is 0.381. The van der Waals surface area contributed by atoms with E-state index in [1.54, 1.807) is 6.07 Å². The molecule has 26 heavy (non-hydrogen) atoms. The first-order chi connectivity index (χ1) is 12.7. The Kier molecular flexibility index (Phi) is 6.23. The molecule has 0 saturated carbocycles. The van der Waals surface area contributed by atoms with Gasteiger partial charge in [0.05, 0.1) is 6.61 Å². The van der Waals surface area contributed by atoms with Gasteiger partial charge in [0.2, 0.25) is 5.91 Å². The molecule has 1 aliphatic rings. The summed E-state index contributed by atoms with van der Waals surface area (Å²) in [6.45, 7) is 4.76. The summed E-state index contributed by atoms with van der Waals surface area (Å²) in [5.74, 6) is 0.688. The zero-order valence-corrected chi connectivity index (χ0v) is 15.1. The maximum absolute atomic E-state index is 13.8. The highest BCUT2D eigenvalue weighted by Crippen LogP contribution is 2.22. The van der Waals surface area contributed by atoms with Crippen LogP contribution in [0.4, 0.5) is 10.1 Å². The second kappa shape index (κ2) is 8.81. The van der Waals surface area contributed by atoms with Gasteiger partial charge in [0, 0.05) is 23.7 Å². The van der Waals surface area contributed by atoms with Gasteiger partial charge in [-0.25, -0.2) is 4.39 Å². The second-order valence-corrected chi connectivity index (χ2v) is 6.59. The van der Waals surface area contributed by atoms with Crippen LogP contribution in [0, 0.1) is 11.7 Å². The maximum atomic E-state index is 13.8. The predicted molar refractivity (Wildman–Crippen MR) is 101 cm³/mol. The largest absolute Gasteiger partial charge is 0.494 e. The van der Waals surface area contributed by atoms with Crippen LogP contribution < -0.4 is 10.1 Å². The Morgan fingerprint density at radius 1 is 1.15 bits per heavy atom. The highest BCUT2D eigenvalue weighted by atomic mass is 19.1. The number of ether oxygens (including phenoxy) is 1. The van der Waals surface area contributed by atoms with Crippen LogP contribution in [0.2, 0.25) is 0 Å². The molecular weight excluding hydrogens is 331 g/mol. The topological polar surface area (TPSA) is 41.6 Å². The van der Waals surface area contributed by atoms with Gasteiger partial charge in [-0.1, -0.05) is 18.2 Å². The normalized spacial score (nSPS) is 15.6. The molecule has 0 atom stereocenters. The lowest BCUT2D eigenvalue weighted by atomic mass is 9.95. The predicted octanol–water partition coefficient (Wildman–Crippen LogP) is 4.08. The molecule has 0 bridgehead atoms. The molecule has 138 valence electrons. The monoisotopic (exact) mass is 356 g/mol. The Bertz CT molecular complexity index is 725. The van der Waals surface area contributed by atoms with Crippen LogP contribution >= 0.6 is 0 Å². The fourth-order valence-corrected chi connectivity index (χ4v) is 3.27. The molecule has 3 rings (SSSR count). The molecule has 0 aliphatic carbocycles. The number of halogens is 1. The first-order valence-corrected chi connectivity index (χ1v) is 9.15. The minimum atomic E-state index is -0.164. The standard InChI is InChI=1S/C21H25FN2O2/c1-2-26-19-9-7-18(8-10-19)23-21(25)16-11-13-24(14-12-16)15-17-5-3-4-6-20(17)22/h3-10,16H,2,11-15H2,1H3,(H,23,25). The summed E-state index contributed by atoms with van der Waals surface area (Å²) in [7, 11) is 0. The zero-order chi connectivity index (χ0) is 18.4. The summed E-state index contributed by atoms with van der Waals surface area (Å²) >= 11 is 0. The van der Waals surface area contributed by atoms with Gasteiger partial charge in [0.1, 0.15) is 11.6 Å². The van der Waals surface area contributed by atoms with E-state index in [0.29, 0.717) is 18.7 Å². The number of likely N-dealkylation sites (tertiary alicyclic amines) is 1. The number of benzene rings is 2. The molecule has 1 heterocycles. The number of carbonyl (C=O) groups excluding carboxylic acids is 1. The Morgan fingerprint density at radius 3 is 2.50 bits per heavy atom. The third kappa shape index (κ3) is 4.82. The van der Waals surface area contributed by atoms with E-state index in [2.05, 4.69) is 10.2 Å². The van der Waals surface area contributed by atoms with E-state index in [0.717, 1.165) is 37.4 Å². The van der Waals surface area contributed by atoms with Crippen LogP contribution in [0.15, 0.2) is 48.5 Å². The van der Waals surface area contributed by atoms with Crippen LogP contribution in [0.1, 0.15) is 25.3 Å². The van der Waals surface area contributed by atoms with Gasteiger partial charge < -0.3 is 10.1 Å². The van der Waals surface area contributed by atoms with E-state index < -0.39 is 0 Å². The van der Waals surface area contributed by atoms with Crippen molar-refractivity contribution in [2.45, 2.75) is 26.3 Å². The Morgan fingerprint density at radius 2 is 1.85 bits per heavy atom. The van der Waals surface area contributed by atoms with Crippen LogP contribution in [0.3, 0.4) is 0 Å². The van der Waals surface area contributed by atoms with Crippen molar-refractivity contribution in [2.24, 2.45) is 5.92 Å². The van der Waals surface area contributed by atoms with Gasteiger partial charge in [0.25, 0.3) is 0 Å². The highest BCUT2D eigenvalue weighted by molar-refractivity contribution is 5.92. The molecule has 1 N–H and O–H groups in total. The van der Waals surface area contributed by atoms with E-state index in [9.17, 15) is 9.18 Å². The van der Waals surface area contributed by atoms with Crippen molar-refractivity contribution < 1.29 is 13.9 Å². The number of rotatable bonds is 6. The van der Waals surface area contributed by atoms with E-state index in [-0.39, 0.29) is 17.6 Å². The average molecular weight is 356 g/mol. The highest BCUT2D eigenvalue weighted by Gasteiger charge is 2.25. The lowest BCUT2D eigenvalue weighted by Gasteiger charge is -2.31. The summed E-state index contributed by atoms with van der Waals surface area (Å²) in [4.78, 5) is 14.7. The lowest BCUT2D eigenvalue weighted by molar-refractivity contribution is -0.121. The van der Waals surface area contributed by atoms with Crippen LogP contribution in [-0.2, 0) is 11.3 Å². The van der Waals surface area contributed by atoms with Gasteiger partial charge >= 0.3 is 0 Å². The molecule has 1 aliphatic heterocycles. The number of hydrogen-bond donors (Lipinski definition) is 1. The second-order valence-electron chi connectivity index (χ2n) is 6.59. The molecule has 5 heteroatoms. The lowest BCUT2D eigenvalue weighted by Crippen LogP contribution is -2.37. The van der Waals surface area contributed by atoms with E-state index in [1.807, 2.05) is 43.3 Å². The van der Waals surface area contributed by atoms with Crippen molar-refractivity contribution in [3.8, 4) is 5.75 Å². The SMILES string of the molecule is CCOc1ccc(NC(=O)C2CCN(Cc3ccccc3F)CC2)cc1. The molecule has 0 unspecified atom stereocenters. The van der Waals surface area contributed by atoms with Gasteiger partial charge in [-0.2, -0.15) is 0 Å². The Balaban J connectivity index is 1.48. The number of carbonyl (C=O) groups is 1. The summed E-state index contributed by atoms with van der Waals surface area (Å²) < 4.78 is 19.2. The molecule has 1 saturated heterocycles. The number of nitrogens with one attached hydrogen (secondary N) is 1. The van der Waals surface area contributed by atoms with E-state index >= 15 is 0 Å². The third-order valence-corrected chi connectivity index (χ3v) is 4.74. The van der Waals surface area contributed by atoms with Gasteiger partial charge in [-0.3, -0.25) is 9.69 Å². The maximum Gasteiger partial charge on any atom is 0.227 e. The summed E-state index contributed by atoms with van der Waals surface area (Å²) in [6, 6.07) is 14.3. The molecule has 0 aromatic heterocycles. The molecule has 1 fully saturated rings. The molecule has 1 amide bonds. The van der Waals surface area contributed by atoms with E-state index in [1.165, 1.54) is 6.07 Å². The summed E-state index contributed by atoms with van der Waals surface area (Å²) in [5, 5.41) is 2.98. The van der Waals surface area contributed by atoms with Crippen molar-refractivity contribution in [3.05, 3.63) is 59.9 Å². The van der Waals surface area contributed by atoms with Gasteiger partial charge in [-0.15, -0.1) is 0 Å². The molecule has 0 spiro atoms. The minimum absolute atomic E-state index is 0.00145. The molecule has 2 aromatic carbocycles. The number of amides is 1. The average Bonchev–Trinajstić information content (AvgIpc) is 2.66. The van der Waals surface area contributed by atoms with E-state index in [4.69, 9.17) is 4.74 Å². The number of piperidine rings is 1. The Labute approximate surface area is 154 Å². The number of anilines is 1. The van der Waals surface area contributed by atoms with Gasteiger partial charge in [0.15, 0.2) is 0 Å². The van der Waals surface area contributed by atoms with Crippen LogP contribution in [0.25, 0.3) is 0 Å². The van der Waals surface area contributed by atoms with Crippen molar-refractivity contribution in [1.82, 2.24) is 4.90 Å². The minimum Gasteiger partial charge on any atom is -0.494 e. The summed E-state index contributed by atoms with van der Waals surface area (Å²) in [6.07, 6.45) is 1.58. The van der Waals surface area contributed by atoms with Crippen molar-refractivity contribution in [1.29, 1.82) is 0 Å².